The van der Waals surface area contributed by atoms with Crippen LogP contribution in [0.3, 0.4) is 0 Å². The molecule has 2 unspecified atom stereocenters. The van der Waals surface area contributed by atoms with E-state index in [9.17, 15) is 0 Å². The normalized spacial score (nSPS) is 35.7. The largest absolute Gasteiger partial charge is 0.371 e. The fourth-order valence-corrected chi connectivity index (χ4v) is 4.09. The number of hydrogen-bond donors (Lipinski definition) is 1. The molecule has 0 radical (unpaired) electrons. The maximum absolute atomic E-state index is 6.41. The van der Waals surface area contributed by atoms with Gasteiger partial charge in [-0.3, -0.25) is 0 Å². The minimum Gasteiger partial charge on any atom is -0.371 e. The Morgan fingerprint density at radius 1 is 1.11 bits per heavy atom. The van der Waals surface area contributed by atoms with E-state index in [1.165, 1.54) is 64.2 Å². The lowest BCUT2D eigenvalue weighted by molar-refractivity contribution is -0.0357. The summed E-state index contributed by atoms with van der Waals surface area (Å²) in [6.07, 6.45) is 16.9. The van der Waals surface area contributed by atoms with Crippen molar-refractivity contribution in [2.75, 3.05) is 0 Å². The lowest BCUT2D eigenvalue weighted by atomic mass is 9.96. The van der Waals surface area contributed by atoms with Crippen LogP contribution in [0.4, 0.5) is 0 Å². The molecule has 0 amide bonds. The van der Waals surface area contributed by atoms with Crippen molar-refractivity contribution in [1.82, 2.24) is 0 Å². The predicted octanol–water partition coefficient (Wildman–Crippen LogP) is 3.70. The molecule has 1 spiro atoms. The Morgan fingerprint density at radius 3 is 2.78 bits per heavy atom. The van der Waals surface area contributed by atoms with Gasteiger partial charge in [0, 0.05) is 6.04 Å². The van der Waals surface area contributed by atoms with Gasteiger partial charge in [0.05, 0.1) is 11.7 Å². The molecule has 2 atom stereocenters. The van der Waals surface area contributed by atoms with Crippen molar-refractivity contribution in [2.24, 2.45) is 5.73 Å². The van der Waals surface area contributed by atoms with Gasteiger partial charge < -0.3 is 10.5 Å². The van der Waals surface area contributed by atoms with Crippen LogP contribution in [-0.2, 0) is 4.74 Å². The fraction of sp³-hybridized carbons (Fsp3) is 0.875. The molecular formula is C16H27NO. The topological polar surface area (TPSA) is 35.2 Å². The Bertz CT molecular complexity index is 317. The fourth-order valence-electron chi connectivity index (χ4n) is 4.09. The standard InChI is InChI=1S/C16H27NO/c17-14-6-2-1-5-13(11-14)12-15-7-10-16(18-15)8-3-4-9-16/h11,14-15H,1-10,12,17H2. The maximum atomic E-state index is 6.41. The Hall–Kier alpha value is -0.340. The number of rotatable bonds is 2. The van der Waals surface area contributed by atoms with Gasteiger partial charge in [-0.2, -0.15) is 0 Å². The lowest BCUT2D eigenvalue weighted by Gasteiger charge is -2.24. The zero-order valence-electron chi connectivity index (χ0n) is 11.5. The molecule has 102 valence electrons. The van der Waals surface area contributed by atoms with Gasteiger partial charge in [-0.25, -0.2) is 0 Å². The molecule has 0 aromatic rings. The second-order valence-corrected chi connectivity index (χ2v) is 6.61. The minimum atomic E-state index is 0.290. The Kier molecular flexibility index (Phi) is 3.76. The molecule has 3 rings (SSSR count). The lowest BCUT2D eigenvalue weighted by Crippen LogP contribution is -2.25. The van der Waals surface area contributed by atoms with Crippen LogP contribution in [0.1, 0.15) is 70.6 Å². The van der Waals surface area contributed by atoms with Crippen molar-refractivity contribution in [3.63, 3.8) is 0 Å². The van der Waals surface area contributed by atoms with E-state index < -0.39 is 0 Å². The first kappa shape index (κ1) is 12.7. The van der Waals surface area contributed by atoms with Crippen LogP contribution in [-0.4, -0.2) is 17.7 Å². The first-order valence-corrected chi connectivity index (χ1v) is 7.89. The third-order valence-corrected chi connectivity index (χ3v) is 5.08. The van der Waals surface area contributed by atoms with Gasteiger partial charge in [-0.1, -0.05) is 30.9 Å². The Morgan fingerprint density at radius 2 is 1.94 bits per heavy atom. The van der Waals surface area contributed by atoms with Crippen molar-refractivity contribution in [3.05, 3.63) is 11.6 Å². The highest BCUT2D eigenvalue weighted by atomic mass is 16.5. The van der Waals surface area contributed by atoms with Crippen LogP contribution in [0.5, 0.6) is 0 Å². The molecule has 1 heterocycles. The summed E-state index contributed by atoms with van der Waals surface area (Å²) >= 11 is 0. The zero-order chi connectivity index (χ0) is 12.4. The molecular weight excluding hydrogens is 222 g/mol. The van der Waals surface area contributed by atoms with Gasteiger partial charge >= 0.3 is 0 Å². The average Bonchev–Trinajstić information content (AvgIpc) is 2.90. The molecule has 2 heteroatoms. The highest BCUT2D eigenvalue weighted by molar-refractivity contribution is 5.10. The summed E-state index contributed by atoms with van der Waals surface area (Å²) in [5.41, 5.74) is 7.96. The van der Waals surface area contributed by atoms with Crippen LogP contribution < -0.4 is 5.73 Å². The first-order valence-electron chi connectivity index (χ1n) is 7.89. The van der Waals surface area contributed by atoms with Crippen molar-refractivity contribution >= 4 is 0 Å². The van der Waals surface area contributed by atoms with Crippen molar-refractivity contribution in [1.29, 1.82) is 0 Å². The molecule has 3 aliphatic rings. The summed E-state index contributed by atoms with van der Waals surface area (Å²) < 4.78 is 6.41. The monoisotopic (exact) mass is 249 g/mol. The second-order valence-electron chi connectivity index (χ2n) is 6.61. The molecule has 2 fully saturated rings. The van der Waals surface area contributed by atoms with Crippen molar-refractivity contribution in [3.8, 4) is 0 Å². The highest BCUT2D eigenvalue weighted by Gasteiger charge is 2.42. The Labute approximate surface area is 111 Å². The van der Waals surface area contributed by atoms with Gasteiger partial charge in [0.25, 0.3) is 0 Å². The Balaban J connectivity index is 1.57. The van der Waals surface area contributed by atoms with E-state index in [4.69, 9.17) is 10.5 Å². The molecule has 2 aliphatic carbocycles. The number of ether oxygens (including phenoxy) is 1. The molecule has 0 aromatic carbocycles. The van der Waals surface area contributed by atoms with Crippen molar-refractivity contribution in [2.45, 2.75) is 88.4 Å². The van der Waals surface area contributed by atoms with E-state index in [-0.39, 0.29) is 5.60 Å². The second kappa shape index (κ2) is 5.34. The maximum Gasteiger partial charge on any atom is 0.0687 e. The van der Waals surface area contributed by atoms with Crippen LogP contribution in [0.25, 0.3) is 0 Å². The van der Waals surface area contributed by atoms with Gasteiger partial charge in [-0.15, -0.1) is 0 Å². The summed E-state index contributed by atoms with van der Waals surface area (Å²) in [4.78, 5) is 0. The van der Waals surface area contributed by atoms with Crippen molar-refractivity contribution < 1.29 is 4.74 Å². The molecule has 2 N–H and O–H groups in total. The molecule has 18 heavy (non-hydrogen) atoms. The van der Waals surface area contributed by atoms with Gasteiger partial charge in [0.2, 0.25) is 0 Å². The molecule has 1 saturated carbocycles. The molecule has 0 bridgehead atoms. The summed E-state index contributed by atoms with van der Waals surface area (Å²) in [5.74, 6) is 0. The van der Waals surface area contributed by atoms with E-state index in [1.54, 1.807) is 5.57 Å². The molecule has 2 nitrogen and oxygen atoms in total. The molecule has 1 saturated heterocycles. The summed E-state index contributed by atoms with van der Waals surface area (Å²) in [6, 6.07) is 0.296. The van der Waals surface area contributed by atoms with E-state index in [0.29, 0.717) is 12.1 Å². The van der Waals surface area contributed by atoms with E-state index in [0.717, 1.165) is 6.42 Å². The number of nitrogens with two attached hydrogens (primary N) is 1. The number of hydrogen-bond acceptors (Lipinski definition) is 2. The van der Waals surface area contributed by atoms with Crippen LogP contribution in [0, 0.1) is 0 Å². The average molecular weight is 249 g/mol. The van der Waals surface area contributed by atoms with Gasteiger partial charge in [-0.05, 0) is 51.4 Å². The smallest absolute Gasteiger partial charge is 0.0687 e. The predicted molar refractivity (Wildman–Crippen MR) is 74.4 cm³/mol. The van der Waals surface area contributed by atoms with E-state index >= 15 is 0 Å². The first-order chi connectivity index (χ1) is 8.76. The van der Waals surface area contributed by atoms with Crippen LogP contribution >= 0.6 is 0 Å². The quantitative estimate of drug-likeness (QED) is 0.757. The molecule has 0 aromatic heterocycles. The van der Waals surface area contributed by atoms with E-state index in [1.807, 2.05) is 0 Å². The minimum absolute atomic E-state index is 0.290. The van der Waals surface area contributed by atoms with Gasteiger partial charge in [0.15, 0.2) is 0 Å². The third kappa shape index (κ3) is 2.80. The molecule has 1 aliphatic heterocycles. The van der Waals surface area contributed by atoms with Gasteiger partial charge in [0.1, 0.15) is 0 Å². The summed E-state index contributed by atoms with van der Waals surface area (Å²) in [7, 11) is 0. The van der Waals surface area contributed by atoms with Crippen LogP contribution in [0.2, 0.25) is 0 Å². The highest BCUT2D eigenvalue weighted by Crippen LogP contribution is 2.44. The third-order valence-electron chi connectivity index (χ3n) is 5.08. The SMILES string of the molecule is NC1C=C(CC2CCC3(CCCC3)O2)CCCC1. The zero-order valence-corrected chi connectivity index (χ0v) is 11.5. The summed E-state index contributed by atoms with van der Waals surface area (Å²) in [5, 5.41) is 0. The van der Waals surface area contributed by atoms with E-state index in [2.05, 4.69) is 6.08 Å². The van der Waals surface area contributed by atoms with Crippen LogP contribution in [0.15, 0.2) is 11.6 Å². The summed E-state index contributed by atoms with van der Waals surface area (Å²) in [6.45, 7) is 0.